The second-order valence-electron chi connectivity index (χ2n) is 8.34. The summed E-state index contributed by atoms with van der Waals surface area (Å²) in [6, 6.07) is 0. The van der Waals surface area contributed by atoms with Crippen LogP contribution in [0.5, 0.6) is 5.75 Å². The lowest BCUT2D eigenvalue weighted by molar-refractivity contribution is -0.283. The summed E-state index contributed by atoms with van der Waals surface area (Å²) >= 11 is 0. The smallest absolute Gasteiger partial charge is 0.353 e. The predicted molar refractivity (Wildman–Crippen MR) is 97.3 cm³/mol. The van der Waals surface area contributed by atoms with Crippen molar-refractivity contribution < 1.29 is 14.2 Å². The van der Waals surface area contributed by atoms with E-state index in [-0.39, 0.29) is 0 Å². The Labute approximate surface area is 146 Å². The zero-order valence-corrected chi connectivity index (χ0v) is 16.7. The molecule has 0 aliphatic carbocycles. The number of rotatable bonds is 0. The molecule has 24 heavy (non-hydrogen) atoms. The van der Waals surface area contributed by atoms with Gasteiger partial charge in [0.2, 0.25) is 0 Å². The van der Waals surface area contributed by atoms with Crippen molar-refractivity contribution in [2.45, 2.75) is 86.4 Å². The molecule has 0 bridgehead atoms. The van der Waals surface area contributed by atoms with Crippen LogP contribution in [0.1, 0.15) is 69.4 Å². The lowest BCUT2D eigenvalue weighted by atomic mass is 9.86. The molecule has 0 radical (unpaired) electrons. The number of hydrogen-bond acceptors (Lipinski definition) is 3. The molecule has 132 valence electrons. The predicted octanol–water partition coefficient (Wildman–Crippen LogP) is 5.36. The maximum Gasteiger partial charge on any atom is 0.353 e. The fourth-order valence-electron chi connectivity index (χ4n) is 3.62. The van der Waals surface area contributed by atoms with Gasteiger partial charge in [0.15, 0.2) is 0 Å². The zero-order chi connectivity index (χ0) is 18.2. The molecule has 1 aromatic rings. The highest BCUT2D eigenvalue weighted by Gasteiger charge is 2.61. The van der Waals surface area contributed by atoms with Crippen molar-refractivity contribution in [3.8, 4) is 5.75 Å². The van der Waals surface area contributed by atoms with Crippen molar-refractivity contribution in [2.24, 2.45) is 0 Å². The van der Waals surface area contributed by atoms with Crippen molar-refractivity contribution in [1.29, 1.82) is 0 Å². The van der Waals surface area contributed by atoms with Gasteiger partial charge in [0.05, 0.1) is 11.2 Å². The standard InChI is InChI=1S/C21H30O3/c1-11-12(2)14(4)18-17(13(11)3)15(5)16(6)21(22-18)23-19(7,8)20(9,10)24-21/h1-10H3. The maximum absolute atomic E-state index is 6.48. The molecule has 1 aromatic carbocycles. The molecule has 0 aromatic heterocycles. The minimum absolute atomic E-state index is 0.450. The molecule has 3 rings (SSSR count). The first-order valence-electron chi connectivity index (χ1n) is 8.72. The van der Waals surface area contributed by atoms with Crippen LogP contribution < -0.4 is 4.74 Å². The Kier molecular flexibility index (Phi) is 3.54. The molecule has 0 unspecified atom stereocenters. The van der Waals surface area contributed by atoms with Gasteiger partial charge in [-0.25, -0.2) is 0 Å². The van der Waals surface area contributed by atoms with Gasteiger partial charge < -0.3 is 14.2 Å². The lowest BCUT2D eigenvalue weighted by Crippen LogP contribution is -2.43. The van der Waals surface area contributed by atoms with Crippen LogP contribution in [0.15, 0.2) is 5.57 Å². The number of hydrogen-bond donors (Lipinski definition) is 0. The monoisotopic (exact) mass is 330 g/mol. The summed E-state index contributed by atoms with van der Waals surface area (Å²) in [5.74, 6) is -0.240. The second-order valence-corrected chi connectivity index (χ2v) is 8.34. The summed E-state index contributed by atoms with van der Waals surface area (Å²) in [5.41, 5.74) is 7.51. The van der Waals surface area contributed by atoms with Crippen molar-refractivity contribution in [1.82, 2.24) is 0 Å². The molecule has 0 atom stereocenters. The SMILES string of the molecule is CC1=C(C)C2(Oc3c(C)c(C)c(C)c(C)c31)OC(C)(C)C(C)(C)O2. The molecule has 0 saturated carbocycles. The Morgan fingerprint density at radius 1 is 0.625 bits per heavy atom. The number of allylic oxidation sites excluding steroid dienone is 1. The van der Waals surface area contributed by atoms with Crippen molar-refractivity contribution in [2.75, 3.05) is 0 Å². The summed E-state index contributed by atoms with van der Waals surface area (Å²) in [7, 11) is 0. The number of fused-ring (bicyclic) bond motifs is 1. The average molecular weight is 330 g/mol. The Bertz CT molecular complexity index is 750. The summed E-state index contributed by atoms with van der Waals surface area (Å²) in [6.45, 7) is 21.0. The van der Waals surface area contributed by atoms with Crippen LogP contribution in [-0.4, -0.2) is 17.2 Å². The maximum atomic E-state index is 6.48. The van der Waals surface area contributed by atoms with Gasteiger partial charge in [-0.2, -0.15) is 0 Å². The molecular formula is C21H30O3. The molecule has 1 spiro atoms. The van der Waals surface area contributed by atoms with Gasteiger partial charge in [-0.3, -0.25) is 0 Å². The molecule has 1 saturated heterocycles. The summed E-state index contributed by atoms with van der Waals surface area (Å²) in [5, 5.41) is 0. The average Bonchev–Trinajstić information content (AvgIpc) is 2.65. The Hall–Kier alpha value is -1.32. The van der Waals surface area contributed by atoms with E-state index >= 15 is 0 Å². The first-order chi connectivity index (χ1) is 10.8. The van der Waals surface area contributed by atoms with Crippen molar-refractivity contribution in [3.05, 3.63) is 33.4 Å². The summed E-state index contributed by atoms with van der Waals surface area (Å²) in [4.78, 5) is 0. The van der Waals surface area contributed by atoms with Crippen LogP contribution in [0, 0.1) is 27.7 Å². The van der Waals surface area contributed by atoms with E-state index in [9.17, 15) is 0 Å². The van der Waals surface area contributed by atoms with Gasteiger partial charge in [-0.1, -0.05) is 0 Å². The third-order valence-corrected chi connectivity index (χ3v) is 6.49. The summed E-state index contributed by atoms with van der Waals surface area (Å²) in [6.07, 6.45) is 0. The molecule has 1 fully saturated rings. The minimum Gasteiger partial charge on any atom is -0.435 e. The van der Waals surface area contributed by atoms with Crippen LogP contribution in [-0.2, 0) is 9.47 Å². The van der Waals surface area contributed by atoms with Gasteiger partial charge in [0.25, 0.3) is 0 Å². The van der Waals surface area contributed by atoms with E-state index in [1.54, 1.807) is 0 Å². The molecule has 2 aliphatic rings. The lowest BCUT2D eigenvalue weighted by Gasteiger charge is -2.38. The van der Waals surface area contributed by atoms with Crippen LogP contribution in [0.3, 0.4) is 0 Å². The highest BCUT2D eigenvalue weighted by molar-refractivity contribution is 5.79. The van der Waals surface area contributed by atoms with Gasteiger partial charge in [0, 0.05) is 11.1 Å². The minimum atomic E-state index is -1.14. The molecular weight excluding hydrogens is 300 g/mol. The molecule has 2 aliphatic heterocycles. The van der Waals surface area contributed by atoms with Crippen LogP contribution >= 0.6 is 0 Å². The fraction of sp³-hybridized carbons (Fsp3) is 0.619. The van der Waals surface area contributed by atoms with E-state index in [0.29, 0.717) is 0 Å². The van der Waals surface area contributed by atoms with E-state index in [2.05, 4.69) is 69.2 Å². The van der Waals surface area contributed by atoms with E-state index < -0.39 is 17.2 Å². The summed E-state index contributed by atoms with van der Waals surface area (Å²) < 4.78 is 19.3. The molecule has 2 heterocycles. The van der Waals surface area contributed by atoms with Crippen LogP contribution in [0.2, 0.25) is 0 Å². The normalized spacial score (nSPS) is 23.4. The van der Waals surface area contributed by atoms with Gasteiger partial charge >= 0.3 is 5.97 Å². The van der Waals surface area contributed by atoms with E-state index in [1.165, 1.54) is 27.8 Å². The molecule has 0 amide bonds. The van der Waals surface area contributed by atoms with Gasteiger partial charge in [-0.05, 0) is 97.1 Å². The second kappa shape index (κ2) is 4.86. The third-order valence-electron chi connectivity index (χ3n) is 6.49. The van der Waals surface area contributed by atoms with Gasteiger partial charge in [-0.15, -0.1) is 0 Å². The van der Waals surface area contributed by atoms with E-state index in [1.807, 2.05) is 0 Å². The van der Waals surface area contributed by atoms with Crippen molar-refractivity contribution in [3.63, 3.8) is 0 Å². The first-order valence-corrected chi connectivity index (χ1v) is 8.72. The Balaban J connectivity index is 2.27. The fourth-order valence-corrected chi connectivity index (χ4v) is 3.62. The topological polar surface area (TPSA) is 27.7 Å². The quantitative estimate of drug-likeness (QED) is 0.640. The molecule has 3 heteroatoms. The Morgan fingerprint density at radius 3 is 1.58 bits per heavy atom. The highest BCUT2D eigenvalue weighted by Crippen LogP contribution is 2.54. The number of ether oxygens (including phenoxy) is 3. The largest absolute Gasteiger partial charge is 0.435 e. The molecule has 3 nitrogen and oxygen atoms in total. The van der Waals surface area contributed by atoms with Crippen molar-refractivity contribution >= 4 is 5.57 Å². The van der Waals surface area contributed by atoms with Crippen LogP contribution in [0.4, 0.5) is 0 Å². The third kappa shape index (κ3) is 2.04. The van der Waals surface area contributed by atoms with Gasteiger partial charge in [0.1, 0.15) is 5.75 Å². The Morgan fingerprint density at radius 2 is 1.08 bits per heavy atom. The zero-order valence-electron chi connectivity index (χ0n) is 16.7. The molecule has 0 N–H and O–H groups in total. The highest BCUT2D eigenvalue weighted by atomic mass is 16.9. The van der Waals surface area contributed by atoms with Crippen LogP contribution in [0.25, 0.3) is 5.57 Å². The first kappa shape index (κ1) is 17.5. The van der Waals surface area contributed by atoms with E-state index in [4.69, 9.17) is 14.2 Å². The van der Waals surface area contributed by atoms with E-state index in [0.717, 1.165) is 16.9 Å². The number of benzene rings is 1.